The summed E-state index contributed by atoms with van der Waals surface area (Å²) in [5.41, 5.74) is 2.49. The van der Waals surface area contributed by atoms with Gasteiger partial charge in [-0.3, -0.25) is 0 Å². The smallest absolute Gasteiger partial charge is 0.125 e. The summed E-state index contributed by atoms with van der Waals surface area (Å²) in [6.45, 7) is 0.732. The van der Waals surface area contributed by atoms with Gasteiger partial charge < -0.3 is 10.3 Å². The largest absolute Gasteiger partial charge is 0.378 e. The number of H-pyrrole nitrogens is 1. The highest BCUT2D eigenvalue weighted by Gasteiger charge is 1.97. The van der Waals surface area contributed by atoms with Crippen LogP contribution in [-0.2, 0) is 12.3 Å². The van der Waals surface area contributed by atoms with Crippen molar-refractivity contribution < 1.29 is 0 Å². The van der Waals surface area contributed by atoms with E-state index in [-0.39, 0.29) is 0 Å². The molecule has 84 valence electrons. The summed E-state index contributed by atoms with van der Waals surface area (Å²) < 4.78 is 0. The van der Waals surface area contributed by atoms with Gasteiger partial charge in [-0.1, -0.05) is 12.1 Å². The predicted octanol–water partition coefficient (Wildman–Crippen LogP) is 2.88. The zero-order valence-corrected chi connectivity index (χ0v) is 10.1. The zero-order chi connectivity index (χ0) is 11.2. The molecule has 0 saturated carbocycles. The summed E-state index contributed by atoms with van der Waals surface area (Å²) in [4.78, 5) is 7.24. The Bertz CT molecular complexity index is 426. The van der Waals surface area contributed by atoms with Gasteiger partial charge in [0.25, 0.3) is 0 Å². The van der Waals surface area contributed by atoms with E-state index in [9.17, 15) is 0 Å². The number of nitrogens with one attached hydrogen (secondary N) is 2. The molecule has 2 rings (SSSR count). The fourth-order valence-electron chi connectivity index (χ4n) is 1.52. The summed E-state index contributed by atoms with van der Waals surface area (Å²) >= 11 is 1.83. The van der Waals surface area contributed by atoms with Crippen LogP contribution in [0.4, 0.5) is 5.69 Å². The van der Waals surface area contributed by atoms with E-state index in [4.69, 9.17) is 0 Å². The van der Waals surface area contributed by atoms with Crippen LogP contribution in [0.1, 0.15) is 11.4 Å². The average molecular weight is 233 g/mol. The van der Waals surface area contributed by atoms with Gasteiger partial charge in [-0.15, -0.1) is 0 Å². The van der Waals surface area contributed by atoms with Gasteiger partial charge >= 0.3 is 0 Å². The van der Waals surface area contributed by atoms with Crippen molar-refractivity contribution in [2.24, 2.45) is 0 Å². The molecule has 1 aromatic heterocycles. The molecule has 0 spiro atoms. The van der Waals surface area contributed by atoms with Crippen molar-refractivity contribution in [1.82, 2.24) is 9.97 Å². The summed E-state index contributed by atoms with van der Waals surface area (Å²) in [6, 6.07) is 8.48. The highest BCUT2D eigenvalue weighted by Crippen LogP contribution is 2.15. The Labute approximate surface area is 99.7 Å². The topological polar surface area (TPSA) is 40.7 Å². The SMILES string of the molecule is CSCc1cccc(NCc2ncc[nH]2)c1. The van der Waals surface area contributed by atoms with Crippen LogP contribution in [0.2, 0.25) is 0 Å². The molecule has 0 unspecified atom stereocenters. The second-order valence-electron chi connectivity index (χ2n) is 3.52. The maximum absolute atomic E-state index is 4.17. The van der Waals surface area contributed by atoms with E-state index in [1.54, 1.807) is 6.20 Å². The van der Waals surface area contributed by atoms with Crippen LogP contribution in [0.5, 0.6) is 0 Å². The number of aromatic nitrogens is 2. The number of thioether (sulfide) groups is 1. The molecule has 2 aromatic rings. The Morgan fingerprint density at radius 3 is 3.12 bits per heavy atom. The van der Waals surface area contributed by atoms with Crippen molar-refractivity contribution in [2.75, 3.05) is 11.6 Å². The monoisotopic (exact) mass is 233 g/mol. The second-order valence-corrected chi connectivity index (χ2v) is 4.39. The molecule has 0 fully saturated rings. The highest BCUT2D eigenvalue weighted by atomic mass is 32.2. The van der Waals surface area contributed by atoms with Crippen molar-refractivity contribution in [3.8, 4) is 0 Å². The number of anilines is 1. The molecule has 0 saturated heterocycles. The molecule has 16 heavy (non-hydrogen) atoms. The van der Waals surface area contributed by atoms with E-state index in [1.807, 2.05) is 18.0 Å². The number of imidazole rings is 1. The molecule has 3 nitrogen and oxygen atoms in total. The fraction of sp³-hybridized carbons (Fsp3) is 0.250. The van der Waals surface area contributed by atoms with Crippen LogP contribution < -0.4 is 5.32 Å². The van der Waals surface area contributed by atoms with E-state index in [0.29, 0.717) is 0 Å². The molecule has 0 amide bonds. The lowest BCUT2D eigenvalue weighted by Gasteiger charge is -2.06. The molecule has 1 aromatic carbocycles. The molecule has 4 heteroatoms. The average Bonchev–Trinajstić information content (AvgIpc) is 2.80. The first-order chi connectivity index (χ1) is 7.88. The quantitative estimate of drug-likeness (QED) is 0.834. The van der Waals surface area contributed by atoms with Crippen LogP contribution in [0.25, 0.3) is 0 Å². The first kappa shape index (κ1) is 11.1. The summed E-state index contributed by atoms with van der Waals surface area (Å²) in [6.07, 6.45) is 5.71. The van der Waals surface area contributed by atoms with Crippen molar-refractivity contribution >= 4 is 17.4 Å². The van der Waals surface area contributed by atoms with Crippen LogP contribution in [0, 0.1) is 0 Å². The maximum Gasteiger partial charge on any atom is 0.125 e. The van der Waals surface area contributed by atoms with Gasteiger partial charge in [0, 0.05) is 23.8 Å². The minimum Gasteiger partial charge on any atom is -0.378 e. The third-order valence-corrected chi connectivity index (χ3v) is 2.87. The standard InChI is InChI=1S/C12H15N3S/c1-16-9-10-3-2-4-11(7-10)15-8-12-13-5-6-14-12/h2-7,15H,8-9H2,1H3,(H,13,14). The zero-order valence-electron chi connectivity index (χ0n) is 9.23. The number of aromatic amines is 1. The summed E-state index contributed by atoms with van der Waals surface area (Å²) in [5.74, 6) is 2.01. The molecule has 0 atom stereocenters. The third kappa shape index (κ3) is 3.03. The van der Waals surface area contributed by atoms with Crippen molar-refractivity contribution in [3.05, 3.63) is 48.0 Å². The van der Waals surface area contributed by atoms with Gasteiger partial charge in [0.1, 0.15) is 5.82 Å². The fourth-order valence-corrected chi connectivity index (χ4v) is 2.03. The number of hydrogen-bond donors (Lipinski definition) is 2. The van der Waals surface area contributed by atoms with E-state index in [0.717, 1.165) is 23.8 Å². The molecule has 0 radical (unpaired) electrons. The normalized spacial score (nSPS) is 10.3. The molecular formula is C12H15N3S. The number of rotatable bonds is 5. The highest BCUT2D eigenvalue weighted by molar-refractivity contribution is 7.97. The minimum atomic E-state index is 0.732. The lowest BCUT2D eigenvalue weighted by atomic mass is 10.2. The van der Waals surface area contributed by atoms with Gasteiger partial charge in [-0.25, -0.2) is 4.98 Å². The third-order valence-electron chi connectivity index (χ3n) is 2.25. The Balaban J connectivity index is 1.96. The van der Waals surface area contributed by atoms with Crippen molar-refractivity contribution in [2.45, 2.75) is 12.3 Å². The van der Waals surface area contributed by atoms with E-state index in [2.05, 4.69) is 45.8 Å². The van der Waals surface area contributed by atoms with Crippen LogP contribution in [0.15, 0.2) is 36.7 Å². The molecular weight excluding hydrogens is 218 g/mol. The van der Waals surface area contributed by atoms with Crippen molar-refractivity contribution in [3.63, 3.8) is 0 Å². The van der Waals surface area contributed by atoms with E-state index in [1.165, 1.54) is 5.56 Å². The summed E-state index contributed by atoms with van der Waals surface area (Å²) in [7, 11) is 0. The first-order valence-electron chi connectivity index (χ1n) is 5.18. The lowest BCUT2D eigenvalue weighted by molar-refractivity contribution is 0.999. The van der Waals surface area contributed by atoms with Gasteiger partial charge in [-0.2, -0.15) is 11.8 Å². The number of hydrogen-bond acceptors (Lipinski definition) is 3. The Morgan fingerprint density at radius 2 is 2.38 bits per heavy atom. The van der Waals surface area contributed by atoms with Gasteiger partial charge in [0.15, 0.2) is 0 Å². The molecule has 0 aliphatic carbocycles. The Morgan fingerprint density at radius 1 is 1.44 bits per heavy atom. The number of benzene rings is 1. The van der Waals surface area contributed by atoms with Crippen LogP contribution in [-0.4, -0.2) is 16.2 Å². The Kier molecular flexibility index (Phi) is 3.88. The summed E-state index contributed by atoms with van der Waals surface area (Å²) in [5, 5.41) is 3.34. The minimum absolute atomic E-state index is 0.732. The van der Waals surface area contributed by atoms with Crippen LogP contribution >= 0.6 is 11.8 Å². The van der Waals surface area contributed by atoms with E-state index >= 15 is 0 Å². The number of nitrogens with zero attached hydrogens (tertiary/aromatic N) is 1. The molecule has 0 bridgehead atoms. The van der Waals surface area contributed by atoms with Crippen molar-refractivity contribution in [1.29, 1.82) is 0 Å². The van der Waals surface area contributed by atoms with Gasteiger partial charge in [0.2, 0.25) is 0 Å². The lowest BCUT2D eigenvalue weighted by Crippen LogP contribution is -2.01. The van der Waals surface area contributed by atoms with Gasteiger partial charge in [-0.05, 0) is 24.0 Å². The maximum atomic E-state index is 4.17. The van der Waals surface area contributed by atoms with Gasteiger partial charge in [0.05, 0.1) is 6.54 Å². The predicted molar refractivity (Wildman–Crippen MR) is 69.6 cm³/mol. The molecule has 0 aliphatic heterocycles. The first-order valence-corrected chi connectivity index (χ1v) is 6.58. The molecule has 1 heterocycles. The Hall–Kier alpha value is -1.42. The van der Waals surface area contributed by atoms with Crippen LogP contribution in [0.3, 0.4) is 0 Å². The molecule has 0 aliphatic rings. The van der Waals surface area contributed by atoms with E-state index < -0.39 is 0 Å². The molecule has 2 N–H and O–H groups in total. The second kappa shape index (κ2) is 5.61.